The predicted molar refractivity (Wildman–Crippen MR) is 47.8 cm³/mol. The number of ketones is 1. The van der Waals surface area contributed by atoms with Gasteiger partial charge >= 0.3 is 5.97 Å². The maximum Gasteiger partial charge on any atom is 0.346 e. The van der Waals surface area contributed by atoms with Crippen LogP contribution in [-0.2, 0) is 14.3 Å². The van der Waals surface area contributed by atoms with Crippen molar-refractivity contribution in [2.24, 2.45) is 0 Å². The standard InChI is InChI=1S/C10H12O3/c1-3-5-8-9(11)6-7(4-2)13-10(8)12/h5-6H,3-4H2,1-2H3. The highest BCUT2D eigenvalue weighted by atomic mass is 16.5. The number of hydrogen-bond donors (Lipinski definition) is 0. The van der Waals surface area contributed by atoms with Gasteiger partial charge in [-0.1, -0.05) is 19.9 Å². The number of hydrogen-bond acceptors (Lipinski definition) is 3. The minimum Gasteiger partial charge on any atom is -0.427 e. The number of rotatable bonds is 2. The van der Waals surface area contributed by atoms with Gasteiger partial charge in [-0.25, -0.2) is 4.79 Å². The minimum absolute atomic E-state index is 0.153. The molecule has 1 heterocycles. The fraction of sp³-hybridized carbons (Fsp3) is 0.400. The summed E-state index contributed by atoms with van der Waals surface area (Å²) in [5.41, 5.74) is 0.153. The fourth-order valence-electron chi connectivity index (χ4n) is 1.09. The lowest BCUT2D eigenvalue weighted by Gasteiger charge is -2.12. The number of allylic oxidation sites excluding steroid dienone is 3. The van der Waals surface area contributed by atoms with Crippen LogP contribution in [0.4, 0.5) is 0 Å². The average Bonchev–Trinajstić information content (AvgIpc) is 2.11. The van der Waals surface area contributed by atoms with Crippen molar-refractivity contribution in [3.63, 3.8) is 0 Å². The van der Waals surface area contributed by atoms with Crippen molar-refractivity contribution in [3.05, 3.63) is 23.5 Å². The van der Waals surface area contributed by atoms with Crippen molar-refractivity contribution in [3.8, 4) is 0 Å². The highest BCUT2D eigenvalue weighted by molar-refractivity contribution is 6.23. The first-order chi connectivity index (χ1) is 6.19. The van der Waals surface area contributed by atoms with Gasteiger partial charge in [-0.05, 0) is 6.42 Å². The van der Waals surface area contributed by atoms with E-state index in [1.54, 1.807) is 6.08 Å². The zero-order valence-corrected chi connectivity index (χ0v) is 7.79. The highest BCUT2D eigenvalue weighted by Crippen LogP contribution is 2.16. The molecule has 70 valence electrons. The molecule has 0 fully saturated rings. The Bertz CT molecular complexity index is 297. The van der Waals surface area contributed by atoms with Crippen LogP contribution in [0.15, 0.2) is 23.5 Å². The van der Waals surface area contributed by atoms with Crippen molar-refractivity contribution < 1.29 is 14.3 Å². The van der Waals surface area contributed by atoms with Crippen LogP contribution in [0.5, 0.6) is 0 Å². The van der Waals surface area contributed by atoms with Crippen LogP contribution in [-0.4, -0.2) is 11.8 Å². The first kappa shape index (κ1) is 9.71. The molecular weight excluding hydrogens is 168 g/mol. The Morgan fingerprint density at radius 2 is 2.08 bits per heavy atom. The molecule has 1 rings (SSSR count). The lowest BCUT2D eigenvalue weighted by atomic mass is 10.1. The Labute approximate surface area is 77.1 Å². The molecule has 0 aromatic carbocycles. The van der Waals surface area contributed by atoms with Crippen LogP contribution in [0, 0.1) is 0 Å². The summed E-state index contributed by atoms with van der Waals surface area (Å²) in [4.78, 5) is 22.5. The van der Waals surface area contributed by atoms with Crippen molar-refractivity contribution in [2.45, 2.75) is 26.7 Å². The Hall–Kier alpha value is -1.38. The number of cyclic esters (lactones) is 1. The summed E-state index contributed by atoms with van der Waals surface area (Å²) in [6, 6.07) is 0. The molecule has 0 aromatic heterocycles. The van der Waals surface area contributed by atoms with Crippen LogP contribution in [0.25, 0.3) is 0 Å². The lowest BCUT2D eigenvalue weighted by molar-refractivity contribution is -0.137. The van der Waals surface area contributed by atoms with E-state index < -0.39 is 5.97 Å². The van der Waals surface area contributed by atoms with Crippen LogP contribution >= 0.6 is 0 Å². The topological polar surface area (TPSA) is 43.4 Å². The van der Waals surface area contributed by atoms with E-state index in [1.807, 2.05) is 13.8 Å². The Morgan fingerprint density at radius 1 is 1.38 bits per heavy atom. The van der Waals surface area contributed by atoms with Crippen LogP contribution in [0.2, 0.25) is 0 Å². The molecule has 0 N–H and O–H groups in total. The summed E-state index contributed by atoms with van der Waals surface area (Å²) in [6.07, 6.45) is 4.19. The van der Waals surface area contributed by atoms with Crippen molar-refractivity contribution >= 4 is 11.8 Å². The zero-order valence-electron chi connectivity index (χ0n) is 7.79. The van der Waals surface area contributed by atoms with Gasteiger partial charge < -0.3 is 4.74 Å². The molecule has 1 aliphatic heterocycles. The Balaban J connectivity index is 2.95. The molecule has 3 nitrogen and oxygen atoms in total. The minimum atomic E-state index is -0.522. The molecule has 0 radical (unpaired) electrons. The molecule has 0 bridgehead atoms. The van der Waals surface area contributed by atoms with Gasteiger partial charge in [0, 0.05) is 12.5 Å². The molecule has 0 spiro atoms. The van der Waals surface area contributed by atoms with Gasteiger partial charge in [-0.3, -0.25) is 4.79 Å². The molecule has 0 amide bonds. The van der Waals surface area contributed by atoms with E-state index in [9.17, 15) is 9.59 Å². The Morgan fingerprint density at radius 3 is 2.54 bits per heavy atom. The first-order valence-corrected chi connectivity index (χ1v) is 4.36. The normalized spacial score (nSPS) is 20.2. The van der Waals surface area contributed by atoms with E-state index in [2.05, 4.69) is 0 Å². The average molecular weight is 180 g/mol. The van der Waals surface area contributed by atoms with Crippen LogP contribution in [0.3, 0.4) is 0 Å². The van der Waals surface area contributed by atoms with Gasteiger partial charge in [0.05, 0.1) is 0 Å². The van der Waals surface area contributed by atoms with Gasteiger partial charge in [0.15, 0.2) is 5.78 Å². The number of esters is 1. The third-order valence-corrected chi connectivity index (χ3v) is 1.76. The number of carbonyl (C=O) groups is 2. The molecular formula is C10H12O3. The highest BCUT2D eigenvalue weighted by Gasteiger charge is 2.24. The summed E-state index contributed by atoms with van der Waals surface area (Å²) < 4.78 is 4.90. The molecule has 0 unspecified atom stereocenters. The predicted octanol–water partition coefficient (Wildman–Crippen LogP) is 1.74. The molecule has 13 heavy (non-hydrogen) atoms. The van der Waals surface area contributed by atoms with E-state index in [0.717, 1.165) is 0 Å². The molecule has 0 saturated carbocycles. The summed E-state index contributed by atoms with van der Waals surface area (Å²) >= 11 is 0. The smallest absolute Gasteiger partial charge is 0.346 e. The van der Waals surface area contributed by atoms with Gasteiger partial charge in [-0.15, -0.1) is 0 Å². The molecule has 3 heteroatoms. The summed E-state index contributed by atoms with van der Waals surface area (Å²) in [7, 11) is 0. The third-order valence-electron chi connectivity index (χ3n) is 1.76. The zero-order chi connectivity index (χ0) is 9.84. The second-order valence-electron chi connectivity index (χ2n) is 2.74. The molecule has 0 atom stereocenters. The quantitative estimate of drug-likeness (QED) is 0.369. The maximum absolute atomic E-state index is 11.3. The molecule has 0 saturated heterocycles. The largest absolute Gasteiger partial charge is 0.427 e. The SMILES string of the molecule is CCC=C1C(=O)C=C(CC)OC1=O. The van der Waals surface area contributed by atoms with Gasteiger partial charge in [0.25, 0.3) is 0 Å². The van der Waals surface area contributed by atoms with Crippen molar-refractivity contribution in [2.75, 3.05) is 0 Å². The first-order valence-electron chi connectivity index (χ1n) is 4.36. The molecule has 0 aromatic rings. The van der Waals surface area contributed by atoms with E-state index in [-0.39, 0.29) is 11.4 Å². The van der Waals surface area contributed by atoms with E-state index in [0.29, 0.717) is 18.6 Å². The van der Waals surface area contributed by atoms with Gasteiger partial charge in [0.1, 0.15) is 11.3 Å². The lowest BCUT2D eigenvalue weighted by Crippen LogP contribution is -2.20. The van der Waals surface area contributed by atoms with E-state index in [4.69, 9.17) is 4.74 Å². The molecule has 1 aliphatic rings. The Kier molecular flexibility index (Phi) is 3.01. The fourth-order valence-corrected chi connectivity index (χ4v) is 1.09. The van der Waals surface area contributed by atoms with Crippen molar-refractivity contribution in [1.29, 1.82) is 0 Å². The number of ether oxygens (including phenoxy) is 1. The van der Waals surface area contributed by atoms with E-state index in [1.165, 1.54) is 6.08 Å². The second-order valence-corrected chi connectivity index (χ2v) is 2.74. The summed E-state index contributed by atoms with van der Waals surface area (Å²) in [5.74, 6) is -0.315. The third kappa shape index (κ3) is 2.05. The molecule has 0 aliphatic carbocycles. The summed E-state index contributed by atoms with van der Waals surface area (Å²) in [5, 5.41) is 0. The van der Waals surface area contributed by atoms with Crippen LogP contribution < -0.4 is 0 Å². The van der Waals surface area contributed by atoms with Crippen LogP contribution in [0.1, 0.15) is 26.7 Å². The summed E-state index contributed by atoms with van der Waals surface area (Å²) in [6.45, 7) is 3.70. The van der Waals surface area contributed by atoms with E-state index >= 15 is 0 Å². The van der Waals surface area contributed by atoms with Gasteiger partial charge in [-0.2, -0.15) is 0 Å². The van der Waals surface area contributed by atoms with Crippen molar-refractivity contribution in [1.82, 2.24) is 0 Å². The number of carbonyl (C=O) groups excluding carboxylic acids is 2. The maximum atomic E-state index is 11.3. The second kappa shape index (κ2) is 4.03. The monoisotopic (exact) mass is 180 g/mol. The van der Waals surface area contributed by atoms with Gasteiger partial charge in [0.2, 0.25) is 0 Å².